The van der Waals surface area contributed by atoms with Crippen LogP contribution in [0, 0.1) is 0 Å². The Morgan fingerprint density at radius 3 is 2.94 bits per heavy atom. The van der Waals surface area contributed by atoms with Crippen LogP contribution in [0.3, 0.4) is 0 Å². The van der Waals surface area contributed by atoms with Crippen LogP contribution in [-0.2, 0) is 13.0 Å². The van der Waals surface area contributed by atoms with Crippen molar-refractivity contribution in [1.82, 2.24) is 10.6 Å². The molecule has 0 unspecified atom stereocenters. The fourth-order valence-corrected chi connectivity index (χ4v) is 2.16. The van der Waals surface area contributed by atoms with Crippen molar-refractivity contribution < 1.29 is 4.42 Å². The topological polar surface area (TPSA) is 37.2 Å². The van der Waals surface area contributed by atoms with Gasteiger partial charge < -0.3 is 15.1 Å². The summed E-state index contributed by atoms with van der Waals surface area (Å²) in [4.78, 5) is 0. The van der Waals surface area contributed by atoms with E-state index in [0.717, 1.165) is 31.3 Å². The van der Waals surface area contributed by atoms with Gasteiger partial charge in [0.1, 0.15) is 5.76 Å². The first kappa shape index (κ1) is 13.6. The van der Waals surface area contributed by atoms with E-state index >= 15 is 0 Å². The first-order valence-corrected chi connectivity index (χ1v) is 7.39. The molecule has 0 bridgehead atoms. The van der Waals surface area contributed by atoms with Gasteiger partial charge in [0.15, 0.2) is 0 Å². The Kier molecular flexibility index (Phi) is 5.75. The maximum atomic E-state index is 5.54. The summed E-state index contributed by atoms with van der Waals surface area (Å²) in [6.07, 6.45) is 9.42. The number of hydrogen-bond donors (Lipinski definition) is 2. The third-order valence-electron chi connectivity index (χ3n) is 3.43. The highest BCUT2D eigenvalue weighted by Gasteiger charge is 2.19. The lowest BCUT2D eigenvalue weighted by molar-refractivity contribution is 0.477. The fourth-order valence-electron chi connectivity index (χ4n) is 2.16. The highest BCUT2D eigenvalue weighted by Crippen LogP contribution is 2.18. The highest BCUT2D eigenvalue weighted by atomic mass is 16.3. The molecule has 102 valence electrons. The fraction of sp³-hybridized carbons (Fsp3) is 0.733. The van der Waals surface area contributed by atoms with Crippen molar-refractivity contribution in [2.24, 2.45) is 0 Å². The van der Waals surface area contributed by atoms with Gasteiger partial charge in [0.05, 0.1) is 12.8 Å². The maximum Gasteiger partial charge on any atom is 0.120 e. The molecule has 0 spiro atoms. The molecule has 0 aliphatic heterocycles. The van der Waals surface area contributed by atoms with Crippen LogP contribution in [0.5, 0.6) is 0 Å². The summed E-state index contributed by atoms with van der Waals surface area (Å²) in [5.74, 6) is 1.12. The number of rotatable bonds is 10. The Balaban J connectivity index is 1.59. The summed E-state index contributed by atoms with van der Waals surface area (Å²) in [5, 5.41) is 6.95. The van der Waals surface area contributed by atoms with Crippen LogP contribution < -0.4 is 10.6 Å². The number of aryl methyl sites for hydroxylation is 1. The van der Waals surface area contributed by atoms with Crippen molar-refractivity contribution in [2.75, 3.05) is 13.1 Å². The van der Waals surface area contributed by atoms with Crippen LogP contribution in [0.25, 0.3) is 0 Å². The number of nitrogens with one attached hydrogen (secondary N) is 2. The second-order valence-corrected chi connectivity index (χ2v) is 5.23. The molecule has 0 aromatic carbocycles. The quantitative estimate of drug-likeness (QED) is 0.627. The summed E-state index contributed by atoms with van der Waals surface area (Å²) < 4.78 is 5.54. The zero-order chi connectivity index (χ0) is 12.6. The Morgan fingerprint density at radius 2 is 2.17 bits per heavy atom. The lowest BCUT2D eigenvalue weighted by atomic mass is 10.1. The van der Waals surface area contributed by atoms with Gasteiger partial charge in [-0.15, -0.1) is 0 Å². The summed E-state index contributed by atoms with van der Waals surface area (Å²) >= 11 is 0. The Hall–Kier alpha value is -0.800. The van der Waals surface area contributed by atoms with Crippen molar-refractivity contribution in [3.05, 3.63) is 23.7 Å². The van der Waals surface area contributed by atoms with Gasteiger partial charge in [-0.25, -0.2) is 0 Å². The molecule has 1 fully saturated rings. The van der Waals surface area contributed by atoms with E-state index in [4.69, 9.17) is 4.42 Å². The normalized spacial score (nSPS) is 15.2. The standard InChI is InChI=1S/C15H26N2O/c1-2-9-16-12-15-13(8-11-18-15)5-3-4-10-17-14-6-7-14/h8,11,14,16-17H,2-7,9-10,12H2,1H3. The molecule has 1 aromatic heterocycles. The average molecular weight is 250 g/mol. The van der Waals surface area contributed by atoms with Crippen LogP contribution >= 0.6 is 0 Å². The van der Waals surface area contributed by atoms with E-state index in [1.165, 1.54) is 44.2 Å². The Bertz CT molecular complexity index is 331. The minimum absolute atomic E-state index is 0.840. The average Bonchev–Trinajstić information content (AvgIpc) is 3.09. The van der Waals surface area contributed by atoms with Gasteiger partial charge in [-0.05, 0) is 63.2 Å². The van der Waals surface area contributed by atoms with E-state index in [1.54, 1.807) is 0 Å². The number of unbranched alkanes of at least 4 members (excludes halogenated alkanes) is 1. The third-order valence-corrected chi connectivity index (χ3v) is 3.43. The number of furan rings is 1. The van der Waals surface area contributed by atoms with E-state index in [0.29, 0.717) is 0 Å². The van der Waals surface area contributed by atoms with Crippen LogP contribution in [0.2, 0.25) is 0 Å². The highest BCUT2D eigenvalue weighted by molar-refractivity contribution is 5.17. The van der Waals surface area contributed by atoms with E-state index < -0.39 is 0 Å². The van der Waals surface area contributed by atoms with Gasteiger partial charge >= 0.3 is 0 Å². The lowest BCUT2D eigenvalue weighted by Crippen LogP contribution is -2.17. The minimum Gasteiger partial charge on any atom is -0.468 e. The monoisotopic (exact) mass is 250 g/mol. The van der Waals surface area contributed by atoms with Gasteiger partial charge in [-0.3, -0.25) is 0 Å². The van der Waals surface area contributed by atoms with Gasteiger partial charge in [0.2, 0.25) is 0 Å². The first-order valence-electron chi connectivity index (χ1n) is 7.39. The van der Waals surface area contributed by atoms with E-state index in [1.807, 2.05) is 6.26 Å². The summed E-state index contributed by atoms with van der Waals surface area (Å²) in [7, 11) is 0. The molecule has 3 heteroatoms. The second-order valence-electron chi connectivity index (χ2n) is 5.23. The van der Waals surface area contributed by atoms with E-state index in [9.17, 15) is 0 Å². The molecule has 0 amide bonds. The second kappa shape index (κ2) is 7.59. The van der Waals surface area contributed by atoms with E-state index in [2.05, 4.69) is 23.6 Å². The van der Waals surface area contributed by atoms with Crippen molar-refractivity contribution >= 4 is 0 Å². The molecular formula is C15H26N2O. The molecule has 1 aromatic rings. The SMILES string of the molecule is CCCNCc1occc1CCCCNC1CC1. The zero-order valence-corrected chi connectivity index (χ0v) is 11.5. The van der Waals surface area contributed by atoms with Gasteiger partial charge in [-0.2, -0.15) is 0 Å². The molecule has 2 rings (SSSR count). The van der Waals surface area contributed by atoms with Crippen LogP contribution in [0.1, 0.15) is 50.4 Å². The molecule has 0 radical (unpaired) electrons. The molecule has 1 aliphatic carbocycles. The summed E-state index contributed by atoms with van der Waals surface area (Å²) in [6, 6.07) is 2.96. The van der Waals surface area contributed by atoms with Gasteiger partial charge in [0.25, 0.3) is 0 Å². The zero-order valence-electron chi connectivity index (χ0n) is 11.5. The van der Waals surface area contributed by atoms with Crippen molar-refractivity contribution in [2.45, 2.75) is 58.0 Å². The molecule has 2 N–H and O–H groups in total. The molecule has 0 saturated heterocycles. The van der Waals surface area contributed by atoms with Gasteiger partial charge in [0, 0.05) is 6.04 Å². The smallest absolute Gasteiger partial charge is 0.120 e. The van der Waals surface area contributed by atoms with Crippen molar-refractivity contribution in [3.8, 4) is 0 Å². The molecular weight excluding hydrogens is 224 g/mol. The van der Waals surface area contributed by atoms with Crippen LogP contribution in [0.15, 0.2) is 16.7 Å². The van der Waals surface area contributed by atoms with Crippen molar-refractivity contribution in [1.29, 1.82) is 0 Å². The molecule has 3 nitrogen and oxygen atoms in total. The molecule has 1 saturated carbocycles. The summed E-state index contributed by atoms with van der Waals surface area (Å²) in [5.41, 5.74) is 1.38. The largest absolute Gasteiger partial charge is 0.468 e. The third kappa shape index (κ3) is 4.83. The Labute approximate surface area is 110 Å². The minimum atomic E-state index is 0.840. The predicted molar refractivity (Wildman–Crippen MR) is 74.7 cm³/mol. The Morgan fingerprint density at radius 1 is 1.28 bits per heavy atom. The number of hydrogen-bond acceptors (Lipinski definition) is 3. The van der Waals surface area contributed by atoms with Crippen LogP contribution in [0.4, 0.5) is 0 Å². The molecule has 0 atom stereocenters. The lowest BCUT2D eigenvalue weighted by Gasteiger charge is -2.05. The van der Waals surface area contributed by atoms with E-state index in [-0.39, 0.29) is 0 Å². The predicted octanol–water partition coefficient (Wildman–Crippen LogP) is 2.85. The maximum absolute atomic E-state index is 5.54. The molecule has 1 aliphatic rings. The van der Waals surface area contributed by atoms with Crippen LogP contribution in [-0.4, -0.2) is 19.1 Å². The molecule has 18 heavy (non-hydrogen) atoms. The first-order chi connectivity index (χ1) is 8.90. The van der Waals surface area contributed by atoms with Crippen molar-refractivity contribution in [3.63, 3.8) is 0 Å². The molecule has 1 heterocycles. The summed E-state index contributed by atoms with van der Waals surface area (Å²) in [6.45, 7) is 5.29. The van der Waals surface area contributed by atoms with Gasteiger partial charge in [-0.1, -0.05) is 6.92 Å².